The van der Waals surface area contributed by atoms with Gasteiger partial charge in [0.1, 0.15) is 10.6 Å². The molecule has 1 aliphatic carbocycles. The van der Waals surface area contributed by atoms with Crippen LogP contribution >= 0.6 is 11.6 Å². The highest BCUT2D eigenvalue weighted by Gasteiger charge is 2.31. The summed E-state index contributed by atoms with van der Waals surface area (Å²) in [4.78, 5) is 10.8. The van der Waals surface area contributed by atoms with E-state index in [0.29, 0.717) is 0 Å². The molecule has 10 heteroatoms. The highest BCUT2D eigenvalue weighted by atomic mass is 35.5. The number of methoxy groups -OCH3 is 1. The molecule has 0 saturated heterocycles. The van der Waals surface area contributed by atoms with Gasteiger partial charge in [-0.05, 0) is 36.4 Å². The van der Waals surface area contributed by atoms with Gasteiger partial charge in [0, 0.05) is 5.69 Å². The van der Waals surface area contributed by atoms with Crippen LogP contribution in [0.3, 0.4) is 0 Å². The third kappa shape index (κ3) is 3.47. The summed E-state index contributed by atoms with van der Waals surface area (Å²) in [5.41, 5.74) is -0.375. The summed E-state index contributed by atoms with van der Waals surface area (Å²) in [6.45, 7) is 0. The van der Waals surface area contributed by atoms with Gasteiger partial charge in [0.05, 0.1) is 23.4 Å². The maximum Gasteiger partial charge on any atom is 0.337 e. The first-order valence-corrected chi connectivity index (χ1v) is 8.26. The Morgan fingerprint density at radius 2 is 1.92 bits per heavy atom. The molecule has 3 N–H and O–H groups in total. The van der Waals surface area contributed by atoms with Crippen LogP contribution in [0.25, 0.3) is 0 Å². The number of halogens is 1. The number of sulfonamides is 1. The molecule has 0 aliphatic heterocycles. The van der Waals surface area contributed by atoms with Gasteiger partial charge in [-0.25, -0.2) is 13.2 Å². The molecule has 1 aliphatic rings. The molecule has 8 nitrogen and oxygen atoms in total. The second-order valence-electron chi connectivity index (χ2n) is 4.55. The smallest absolute Gasteiger partial charge is 0.337 e. The first-order chi connectivity index (χ1) is 11.3. The predicted molar refractivity (Wildman–Crippen MR) is 89.3 cm³/mol. The van der Waals surface area contributed by atoms with Crippen molar-refractivity contribution in [2.75, 3.05) is 11.8 Å². The summed E-state index contributed by atoms with van der Waals surface area (Å²) >= 11 is 5.88. The van der Waals surface area contributed by atoms with Crippen LogP contribution in [0.15, 0.2) is 51.5 Å². The topological polar surface area (TPSA) is 129 Å². The molecule has 0 atom stereocenters. The number of esters is 1. The zero-order chi connectivity index (χ0) is 17.9. The SMILES string of the molecule is COC(=O)c1ccc(NS(=O)(=O)C2=C(Cl)C=CC(=N)/C2=N\O)cc1. The van der Waals surface area contributed by atoms with E-state index in [1.54, 1.807) is 0 Å². The number of ether oxygens (including phenoxy) is 1. The minimum atomic E-state index is -4.22. The van der Waals surface area contributed by atoms with Crippen LogP contribution < -0.4 is 4.72 Å². The zero-order valence-corrected chi connectivity index (χ0v) is 13.9. The normalized spacial score (nSPS) is 16.4. The van der Waals surface area contributed by atoms with Gasteiger partial charge < -0.3 is 9.94 Å². The largest absolute Gasteiger partial charge is 0.465 e. The maximum absolute atomic E-state index is 12.5. The van der Waals surface area contributed by atoms with Gasteiger partial charge in [-0.2, -0.15) is 0 Å². The molecule has 1 aromatic carbocycles. The average Bonchev–Trinajstić information content (AvgIpc) is 2.56. The highest BCUT2D eigenvalue weighted by Crippen LogP contribution is 2.25. The first-order valence-electron chi connectivity index (χ1n) is 6.40. The number of benzene rings is 1. The Hall–Kier alpha value is -2.65. The maximum atomic E-state index is 12.5. The van der Waals surface area contributed by atoms with Crippen molar-refractivity contribution < 1.29 is 23.2 Å². The van der Waals surface area contributed by atoms with E-state index in [4.69, 9.17) is 22.2 Å². The number of carbonyl (C=O) groups is 1. The van der Waals surface area contributed by atoms with E-state index < -0.39 is 26.6 Å². The molecule has 1 aromatic rings. The number of oxime groups is 1. The van der Waals surface area contributed by atoms with E-state index in [9.17, 15) is 13.2 Å². The lowest BCUT2D eigenvalue weighted by atomic mass is 10.1. The number of anilines is 1. The third-order valence-electron chi connectivity index (χ3n) is 3.01. The first kappa shape index (κ1) is 17.7. The van der Waals surface area contributed by atoms with Crippen LogP contribution in [0.5, 0.6) is 0 Å². The monoisotopic (exact) mass is 369 g/mol. The zero-order valence-electron chi connectivity index (χ0n) is 12.3. The molecule has 0 radical (unpaired) electrons. The van der Waals surface area contributed by atoms with Crippen LogP contribution in [0, 0.1) is 5.41 Å². The predicted octanol–water partition coefficient (Wildman–Crippen LogP) is 2.09. The second kappa shape index (κ2) is 6.85. The number of allylic oxidation sites excluding steroid dienone is 4. The molecule has 2 rings (SSSR count). The van der Waals surface area contributed by atoms with Crippen LogP contribution in [0.4, 0.5) is 5.69 Å². The van der Waals surface area contributed by atoms with Gasteiger partial charge in [-0.15, -0.1) is 0 Å². The Balaban J connectivity index is 2.36. The van der Waals surface area contributed by atoms with E-state index in [2.05, 4.69) is 14.6 Å². The van der Waals surface area contributed by atoms with E-state index >= 15 is 0 Å². The highest BCUT2D eigenvalue weighted by molar-refractivity contribution is 7.97. The number of carbonyl (C=O) groups excluding carboxylic acids is 1. The molecule has 0 fully saturated rings. The summed E-state index contributed by atoms with van der Waals surface area (Å²) in [7, 11) is -2.99. The molecule has 0 heterocycles. The van der Waals surface area contributed by atoms with Crippen molar-refractivity contribution >= 4 is 44.7 Å². The van der Waals surface area contributed by atoms with E-state index in [1.807, 2.05) is 0 Å². The number of nitrogens with zero attached hydrogens (tertiary/aromatic N) is 1. The molecule has 0 bridgehead atoms. The van der Waals surface area contributed by atoms with Crippen molar-refractivity contribution in [2.24, 2.45) is 5.16 Å². The fraction of sp³-hybridized carbons (Fsp3) is 0.0714. The Kier molecular flexibility index (Phi) is 5.05. The summed E-state index contributed by atoms with van der Waals surface area (Å²) in [5.74, 6) is -0.560. The van der Waals surface area contributed by atoms with Crippen LogP contribution in [0.1, 0.15) is 10.4 Å². The fourth-order valence-corrected chi connectivity index (χ4v) is 3.64. The Morgan fingerprint density at radius 1 is 1.29 bits per heavy atom. The lowest BCUT2D eigenvalue weighted by Crippen LogP contribution is -2.27. The van der Waals surface area contributed by atoms with Gasteiger partial charge in [0.15, 0.2) is 0 Å². The Labute approximate surface area is 142 Å². The molecule has 0 amide bonds. The standard InChI is InChI=1S/C14H12ClN3O5S/c1-23-14(19)8-2-4-9(5-3-8)18-24(21,22)13-10(15)6-7-11(16)12(13)17-20/h2-7,16,18,20H,1H3/b16-11?,17-12+. The molecule has 0 unspecified atom stereocenters. The van der Waals surface area contributed by atoms with Gasteiger partial charge >= 0.3 is 5.97 Å². The number of hydrogen-bond acceptors (Lipinski definition) is 7. The molecule has 0 aromatic heterocycles. The summed E-state index contributed by atoms with van der Waals surface area (Å²) in [5, 5.41) is 19.2. The summed E-state index contributed by atoms with van der Waals surface area (Å²) < 4.78 is 31.8. The molecule has 0 saturated carbocycles. The van der Waals surface area contributed by atoms with Gasteiger partial charge in [-0.3, -0.25) is 10.1 Å². The van der Waals surface area contributed by atoms with Crippen LogP contribution in [-0.2, 0) is 14.8 Å². The van der Waals surface area contributed by atoms with Crippen molar-refractivity contribution in [3.05, 3.63) is 51.9 Å². The lowest BCUT2D eigenvalue weighted by Gasteiger charge is -2.16. The number of hydrogen-bond donors (Lipinski definition) is 3. The van der Waals surface area contributed by atoms with Crippen LogP contribution in [-0.4, -0.2) is 38.1 Å². The molecular weight excluding hydrogens is 358 g/mol. The summed E-state index contributed by atoms with van der Waals surface area (Å²) in [6, 6.07) is 5.48. The minimum Gasteiger partial charge on any atom is -0.465 e. The quantitative estimate of drug-likeness (QED) is 0.324. The van der Waals surface area contributed by atoms with Crippen molar-refractivity contribution in [1.82, 2.24) is 0 Å². The Bertz CT molecular complexity index is 885. The van der Waals surface area contributed by atoms with Gasteiger partial charge in [0.25, 0.3) is 10.0 Å². The molecule has 126 valence electrons. The third-order valence-corrected chi connectivity index (χ3v) is 4.89. The number of rotatable bonds is 4. The number of nitrogens with one attached hydrogen (secondary N) is 2. The van der Waals surface area contributed by atoms with Crippen LogP contribution in [0.2, 0.25) is 0 Å². The molecule has 24 heavy (non-hydrogen) atoms. The van der Waals surface area contributed by atoms with E-state index in [0.717, 1.165) is 0 Å². The van der Waals surface area contributed by atoms with Crippen molar-refractivity contribution in [3.63, 3.8) is 0 Å². The summed E-state index contributed by atoms with van der Waals surface area (Å²) in [6.07, 6.45) is 2.43. The van der Waals surface area contributed by atoms with Crippen molar-refractivity contribution in [2.45, 2.75) is 0 Å². The fourth-order valence-electron chi connectivity index (χ4n) is 1.90. The van der Waals surface area contributed by atoms with Crippen molar-refractivity contribution in [3.8, 4) is 0 Å². The second-order valence-corrected chi connectivity index (χ2v) is 6.57. The van der Waals surface area contributed by atoms with Gasteiger partial charge in [-0.1, -0.05) is 16.8 Å². The van der Waals surface area contributed by atoms with Gasteiger partial charge in [0.2, 0.25) is 0 Å². The lowest BCUT2D eigenvalue weighted by molar-refractivity contribution is 0.0601. The minimum absolute atomic E-state index is 0.151. The average molecular weight is 370 g/mol. The van der Waals surface area contributed by atoms with E-state index in [1.165, 1.54) is 43.5 Å². The Morgan fingerprint density at radius 3 is 2.46 bits per heavy atom. The molecular formula is C14H12ClN3O5S. The molecule has 0 spiro atoms. The van der Waals surface area contributed by atoms with E-state index in [-0.39, 0.29) is 22.0 Å². The van der Waals surface area contributed by atoms with Crippen molar-refractivity contribution in [1.29, 1.82) is 5.41 Å².